The third kappa shape index (κ3) is 6.16. The van der Waals surface area contributed by atoms with Gasteiger partial charge in [-0.25, -0.2) is 4.98 Å². The molecule has 4 N–H and O–H groups in total. The van der Waals surface area contributed by atoms with Crippen molar-refractivity contribution in [2.45, 2.75) is 83.8 Å². The van der Waals surface area contributed by atoms with Gasteiger partial charge < -0.3 is 20.5 Å². The number of carboxylic acid groups (broad SMARTS) is 1. The van der Waals surface area contributed by atoms with Crippen molar-refractivity contribution in [2.24, 2.45) is 11.8 Å². The van der Waals surface area contributed by atoms with Crippen LogP contribution < -0.4 is 5.32 Å². The van der Waals surface area contributed by atoms with Gasteiger partial charge in [0.05, 0.1) is 29.6 Å². The zero-order chi connectivity index (χ0) is 25.8. The van der Waals surface area contributed by atoms with Crippen molar-refractivity contribution in [1.29, 1.82) is 0 Å². The number of thiophene rings is 1. The Morgan fingerprint density at radius 1 is 1.22 bits per heavy atom. The van der Waals surface area contributed by atoms with Crippen LogP contribution in [-0.2, 0) is 11.2 Å². The number of aliphatic hydroxyl groups excluding tert-OH is 1. The number of carboxylic acids is 1. The number of aliphatic hydroxyl groups is 1. The Hall–Kier alpha value is -2.71. The molecular formula is C28H37N3O4S. The van der Waals surface area contributed by atoms with Crippen molar-refractivity contribution in [3.63, 3.8) is 0 Å². The minimum atomic E-state index is -1.16. The number of H-pyrrole nitrogens is 1. The van der Waals surface area contributed by atoms with E-state index in [2.05, 4.69) is 28.7 Å². The SMILES string of the molecule is CC(C)C[C@H](NC(=O)c1ccc2[nH]c(Cc3cccs3)nc2c1[C@@H]1CCCC[C@H]1C)[C@H](O)CC(=O)O. The molecule has 0 aliphatic heterocycles. The number of hydrogen-bond acceptors (Lipinski definition) is 5. The second kappa shape index (κ2) is 11.6. The van der Waals surface area contributed by atoms with E-state index < -0.39 is 24.5 Å². The largest absolute Gasteiger partial charge is 0.481 e. The maximum absolute atomic E-state index is 13.7. The van der Waals surface area contributed by atoms with E-state index in [1.165, 1.54) is 11.3 Å². The highest BCUT2D eigenvalue weighted by Crippen LogP contribution is 2.41. The zero-order valence-corrected chi connectivity index (χ0v) is 22.1. The first-order chi connectivity index (χ1) is 17.2. The van der Waals surface area contributed by atoms with Crippen molar-refractivity contribution < 1.29 is 19.8 Å². The Morgan fingerprint density at radius 2 is 2.00 bits per heavy atom. The smallest absolute Gasteiger partial charge is 0.306 e. The summed E-state index contributed by atoms with van der Waals surface area (Å²) in [5, 5.41) is 24.8. The first-order valence-corrected chi connectivity index (χ1v) is 13.9. The Morgan fingerprint density at radius 3 is 2.67 bits per heavy atom. The fourth-order valence-corrected chi connectivity index (χ4v) is 6.22. The number of nitrogens with one attached hydrogen (secondary N) is 2. The molecule has 8 heteroatoms. The van der Waals surface area contributed by atoms with E-state index in [0.29, 0.717) is 24.3 Å². The number of amides is 1. The monoisotopic (exact) mass is 511 g/mol. The summed E-state index contributed by atoms with van der Waals surface area (Å²) in [4.78, 5) is 34.6. The van der Waals surface area contributed by atoms with Gasteiger partial charge in [-0.2, -0.15) is 0 Å². The lowest BCUT2D eigenvalue weighted by molar-refractivity contribution is -0.139. The normalized spacial score (nSPS) is 19.9. The molecule has 1 aliphatic rings. The molecule has 1 saturated carbocycles. The highest BCUT2D eigenvalue weighted by molar-refractivity contribution is 7.09. The number of carbonyl (C=O) groups is 2. The lowest BCUT2D eigenvalue weighted by Crippen LogP contribution is -2.45. The predicted octanol–water partition coefficient (Wildman–Crippen LogP) is 5.49. The summed E-state index contributed by atoms with van der Waals surface area (Å²) in [6.07, 6.45) is 4.07. The molecule has 0 radical (unpaired) electrons. The Balaban J connectivity index is 1.72. The van der Waals surface area contributed by atoms with E-state index in [1.807, 2.05) is 32.0 Å². The van der Waals surface area contributed by atoms with Gasteiger partial charge in [0.1, 0.15) is 5.82 Å². The molecule has 4 rings (SSSR count). The fraction of sp³-hybridized carbons (Fsp3) is 0.536. The second-order valence-electron chi connectivity index (χ2n) is 10.6. The minimum absolute atomic E-state index is 0.185. The number of rotatable bonds is 10. The number of benzene rings is 1. The lowest BCUT2D eigenvalue weighted by atomic mass is 9.74. The van der Waals surface area contributed by atoms with Crippen molar-refractivity contribution in [1.82, 2.24) is 15.3 Å². The number of aliphatic carboxylic acids is 1. The van der Waals surface area contributed by atoms with Crippen LogP contribution in [0.3, 0.4) is 0 Å². The van der Waals surface area contributed by atoms with Crippen LogP contribution >= 0.6 is 11.3 Å². The van der Waals surface area contributed by atoms with Gasteiger partial charge in [0, 0.05) is 16.9 Å². The van der Waals surface area contributed by atoms with E-state index in [1.54, 1.807) is 11.3 Å². The highest BCUT2D eigenvalue weighted by atomic mass is 32.1. The topological polar surface area (TPSA) is 115 Å². The maximum atomic E-state index is 13.7. The minimum Gasteiger partial charge on any atom is -0.481 e. The number of aromatic nitrogens is 2. The average molecular weight is 512 g/mol. The third-order valence-electron chi connectivity index (χ3n) is 7.28. The van der Waals surface area contributed by atoms with Crippen molar-refractivity contribution in [2.75, 3.05) is 0 Å². The fourth-order valence-electron chi connectivity index (χ4n) is 5.52. The van der Waals surface area contributed by atoms with Gasteiger partial charge in [0.15, 0.2) is 0 Å². The first kappa shape index (κ1) is 26.4. The van der Waals surface area contributed by atoms with Crippen LogP contribution in [0.4, 0.5) is 0 Å². The molecule has 194 valence electrons. The summed E-state index contributed by atoms with van der Waals surface area (Å²) in [6, 6.07) is 7.26. The summed E-state index contributed by atoms with van der Waals surface area (Å²) in [5.74, 6) is 0.349. The van der Waals surface area contributed by atoms with Crippen LogP contribution in [0.5, 0.6) is 0 Å². The van der Waals surface area contributed by atoms with Crippen molar-refractivity contribution >= 4 is 34.2 Å². The van der Waals surface area contributed by atoms with E-state index in [9.17, 15) is 19.8 Å². The van der Waals surface area contributed by atoms with Gasteiger partial charge in [0.25, 0.3) is 5.91 Å². The molecule has 0 unspecified atom stereocenters. The summed E-state index contributed by atoms with van der Waals surface area (Å²) in [5.41, 5.74) is 3.32. The van der Waals surface area contributed by atoms with Crippen LogP contribution in [0, 0.1) is 11.8 Å². The molecule has 0 saturated heterocycles. The van der Waals surface area contributed by atoms with Crippen LogP contribution in [0.2, 0.25) is 0 Å². The van der Waals surface area contributed by atoms with Gasteiger partial charge in [-0.15, -0.1) is 11.3 Å². The number of carbonyl (C=O) groups excluding carboxylic acids is 1. The van der Waals surface area contributed by atoms with E-state index in [0.717, 1.165) is 41.7 Å². The molecule has 2 aromatic heterocycles. The highest BCUT2D eigenvalue weighted by Gasteiger charge is 2.32. The van der Waals surface area contributed by atoms with Gasteiger partial charge in [-0.1, -0.05) is 46.1 Å². The molecule has 7 nitrogen and oxygen atoms in total. The van der Waals surface area contributed by atoms with Gasteiger partial charge in [-0.05, 0) is 59.7 Å². The second-order valence-corrected chi connectivity index (χ2v) is 11.6. The van der Waals surface area contributed by atoms with Crippen molar-refractivity contribution in [3.05, 3.63) is 51.5 Å². The molecule has 1 amide bonds. The quantitative estimate of drug-likeness (QED) is 0.287. The Bertz CT molecular complexity index is 1190. The van der Waals surface area contributed by atoms with Gasteiger partial charge in [-0.3, -0.25) is 9.59 Å². The third-order valence-corrected chi connectivity index (χ3v) is 8.16. The molecule has 1 aliphatic carbocycles. The lowest BCUT2D eigenvalue weighted by Gasteiger charge is -2.31. The van der Waals surface area contributed by atoms with E-state index in [-0.39, 0.29) is 17.7 Å². The van der Waals surface area contributed by atoms with Gasteiger partial charge in [0.2, 0.25) is 0 Å². The molecule has 2 heterocycles. The number of fused-ring (bicyclic) bond motifs is 1. The molecule has 36 heavy (non-hydrogen) atoms. The molecule has 1 fully saturated rings. The maximum Gasteiger partial charge on any atom is 0.306 e. The molecule has 1 aromatic carbocycles. The molecule has 4 atom stereocenters. The van der Waals surface area contributed by atoms with Crippen LogP contribution in [0.15, 0.2) is 29.6 Å². The average Bonchev–Trinajstić information content (AvgIpc) is 3.47. The number of hydrogen-bond donors (Lipinski definition) is 4. The summed E-state index contributed by atoms with van der Waals surface area (Å²) in [6.45, 7) is 6.24. The van der Waals surface area contributed by atoms with Crippen LogP contribution in [0.25, 0.3) is 11.0 Å². The Labute approximate surface area is 216 Å². The summed E-state index contributed by atoms with van der Waals surface area (Å²) >= 11 is 1.70. The summed E-state index contributed by atoms with van der Waals surface area (Å²) in [7, 11) is 0. The van der Waals surface area contributed by atoms with Crippen LogP contribution in [0.1, 0.15) is 91.8 Å². The number of aromatic amines is 1. The summed E-state index contributed by atoms with van der Waals surface area (Å²) < 4.78 is 0. The standard InChI is InChI=1S/C28H37N3O4S/c1-16(2)13-22(23(32)15-25(33)34)30-28(35)20-10-11-21-27(26(20)19-9-5-4-7-17(19)3)31-24(29-21)14-18-8-6-12-36-18/h6,8,10-12,16-17,19,22-23,32H,4-5,7,9,13-15H2,1-3H3,(H,29,31)(H,30,35)(H,33,34)/t17-,19-,22+,23-/m1/s1. The van der Waals surface area contributed by atoms with E-state index in [4.69, 9.17) is 4.98 Å². The number of nitrogens with zero attached hydrogens (tertiary/aromatic N) is 1. The zero-order valence-electron chi connectivity index (χ0n) is 21.3. The van der Waals surface area contributed by atoms with Crippen molar-refractivity contribution in [3.8, 4) is 0 Å². The molecule has 3 aromatic rings. The number of imidazole rings is 1. The van der Waals surface area contributed by atoms with E-state index >= 15 is 0 Å². The molecular weight excluding hydrogens is 474 g/mol. The first-order valence-electron chi connectivity index (χ1n) is 13.0. The molecule has 0 bridgehead atoms. The molecule has 0 spiro atoms. The Kier molecular flexibility index (Phi) is 8.46. The predicted molar refractivity (Wildman–Crippen MR) is 143 cm³/mol. The van der Waals surface area contributed by atoms with Gasteiger partial charge >= 0.3 is 5.97 Å². The van der Waals surface area contributed by atoms with Crippen LogP contribution in [-0.4, -0.2) is 44.2 Å².